The van der Waals surface area contributed by atoms with Gasteiger partial charge in [0.05, 0.1) is 37.0 Å². The van der Waals surface area contributed by atoms with E-state index in [1.54, 1.807) is 0 Å². The quantitative estimate of drug-likeness (QED) is 0.223. The van der Waals surface area contributed by atoms with Crippen LogP contribution in [-0.2, 0) is 16.1 Å². The topological polar surface area (TPSA) is 190 Å². The average molecular weight is 715 g/mol. The number of rotatable bonds is 5. The molecule has 4 saturated carbocycles. The van der Waals surface area contributed by atoms with E-state index in [1.165, 1.54) is 16.5 Å². The second-order valence-corrected chi connectivity index (χ2v) is 19.4. The van der Waals surface area contributed by atoms with Gasteiger partial charge >= 0.3 is 0 Å². The number of aliphatic hydroxyl groups excluding tert-OH is 6. The zero-order valence-corrected chi connectivity index (χ0v) is 31.5. The van der Waals surface area contributed by atoms with Crippen molar-refractivity contribution in [3.8, 4) is 0 Å². The van der Waals surface area contributed by atoms with Crippen molar-refractivity contribution in [2.24, 2.45) is 50.2 Å². The molecular formula is C39H62N4O8. The van der Waals surface area contributed by atoms with Gasteiger partial charge in [0.2, 0.25) is 5.91 Å². The first kappa shape index (κ1) is 37.4. The van der Waals surface area contributed by atoms with Crippen LogP contribution in [0.3, 0.4) is 0 Å². The molecular weight excluding hydrogens is 652 g/mol. The molecule has 5 fully saturated rings. The van der Waals surface area contributed by atoms with Crippen LogP contribution in [-0.4, -0.2) is 94.8 Å². The first-order valence-electron chi connectivity index (χ1n) is 19.3. The third-order valence-electron chi connectivity index (χ3n) is 16.2. The van der Waals surface area contributed by atoms with Gasteiger partial charge in [-0.1, -0.05) is 65.3 Å². The molecule has 1 saturated heterocycles. The van der Waals surface area contributed by atoms with E-state index in [4.69, 9.17) is 4.74 Å². The van der Waals surface area contributed by atoms with Crippen molar-refractivity contribution in [2.45, 2.75) is 156 Å². The average Bonchev–Trinajstić information content (AvgIpc) is 3.53. The lowest BCUT2D eigenvalue weighted by atomic mass is 9.33. The van der Waals surface area contributed by atoms with E-state index in [0.29, 0.717) is 30.4 Å². The number of fused-ring (bicyclic) bond motifs is 7. The lowest BCUT2D eigenvalue weighted by Gasteiger charge is -2.71. The third-order valence-corrected chi connectivity index (χ3v) is 16.2. The second-order valence-electron chi connectivity index (χ2n) is 19.4. The summed E-state index contributed by atoms with van der Waals surface area (Å²) in [7, 11) is 0. The van der Waals surface area contributed by atoms with Gasteiger partial charge in [-0.3, -0.25) is 4.79 Å². The maximum Gasteiger partial charge on any atom is 0.229 e. The molecule has 0 spiro atoms. The third kappa shape index (κ3) is 5.28. The van der Waals surface area contributed by atoms with Crippen molar-refractivity contribution in [3.63, 3.8) is 0 Å². The van der Waals surface area contributed by atoms with E-state index in [1.807, 2.05) is 0 Å². The van der Waals surface area contributed by atoms with Crippen LogP contribution in [0.4, 0.5) is 0 Å². The highest BCUT2D eigenvalue weighted by molar-refractivity contribution is 5.85. The highest BCUT2D eigenvalue weighted by atomic mass is 16.6. The van der Waals surface area contributed by atoms with E-state index in [-0.39, 0.29) is 51.5 Å². The number of amides is 1. The molecule has 12 heteroatoms. The van der Waals surface area contributed by atoms with Crippen molar-refractivity contribution < 1.29 is 40.2 Å². The summed E-state index contributed by atoms with van der Waals surface area (Å²) in [6.45, 7) is 15.9. The van der Waals surface area contributed by atoms with Crippen LogP contribution in [0, 0.1) is 50.2 Å². The smallest absolute Gasteiger partial charge is 0.229 e. The zero-order valence-electron chi connectivity index (χ0n) is 31.5. The molecule has 51 heavy (non-hydrogen) atoms. The van der Waals surface area contributed by atoms with E-state index in [2.05, 4.69) is 70.2 Å². The van der Waals surface area contributed by atoms with Crippen LogP contribution in [0.1, 0.15) is 118 Å². The van der Waals surface area contributed by atoms with Crippen LogP contribution in [0.5, 0.6) is 0 Å². The minimum absolute atomic E-state index is 0.00623. The van der Waals surface area contributed by atoms with Gasteiger partial charge < -0.3 is 40.7 Å². The number of nitrogens with one attached hydrogen (secondary N) is 1. The second kappa shape index (κ2) is 12.3. The predicted molar refractivity (Wildman–Crippen MR) is 187 cm³/mol. The molecule has 0 bridgehead atoms. The molecule has 0 radical (unpaired) electrons. The van der Waals surface area contributed by atoms with Crippen molar-refractivity contribution in [1.29, 1.82) is 0 Å². The maximum atomic E-state index is 14.6. The minimum Gasteiger partial charge on any atom is -0.394 e. The first-order chi connectivity index (χ1) is 23.8. The van der Waals surface area contributed by atoms with E-state index < -0.39 is 48.8 Å². The number of hydrogen-bond acceptors (Lipinski definition) is 10. The largest absolute Gasteiger partial charge is 0.394 e. The molecule has 6 aliphatic rings. The summed E-state index contributed by atoms with van der Waals surface area (Å²) in [6.07, 6.45) is 3.64. The number of aliphatic hydroxyl groups is 6. The molecule has 12 nitrogen and oxygen atoms in total. The number of carbonyl (C=O) groups excluding carboxylic acids is 1. The summed E-state index contributed by atoms with van der Waals surface area (Å²) < 4.78 is 6.85. The van der Waals surface area contributed by atoms with Crippen LogP contribution < -0.4 is 5.32 Å². The molecule has 286 valence electrons. The first-order valence-corrected chi connectivity index (χ1v) is 19.3. The van der Waals surface area contributed by atoms with Gasteiger partial charge in [0, 0.05) is 0 Å². The molecule has 0 aromatic carbocycles. The van der Waals surface area contributed by atoms with Gasteiger partial charge in [-0.2, -0.15) is 0 Å². The lowest BCUT2D eigenvalue weighted by molar-refractivity contribution is -0.254. The zero-order chi connectivity index (χ0) is 37.1. The van der Waals surface area contributed by atoms with Crippen LogP contribution in [0.15, 0.2) is 17.8 Å². The van der Waals surface area contributed by atoms with Gasteiger partial charge in [0.15, 0.2) is 6.23 Å². The normalized spacial score (nSPS) is 48.7. The molecule has 7 N–H and O–H groups in total. The molecule has 14 atom stereocenters. The molecule has 3 unspecified atom stereocenters. The summed E-state index contributed by atoms with van der Waals surface area (Å²) in [6, 6.07) is 0. The summed E-state index contributed by atoms with van der Waals surface area (Å²) in [4.78, 5) is 14.6. The molecule has 1 aliphatic heterocycles. The Morgan fingerprint density at radius 1 is 0.902 bits per heavy atom. The Kier molecular flexibility index (Phi) is 9.01. The fraction of sp³-hybridized carbons (Fsp3) is 0.872. The minimum atomic E-state index is -1.55. The van der Waals surface area contributed by atoms with Crippen molar-refractivity contribution in [2.75, 3.05) is 6.61 Å². The van der Waals surface area contributed by atoms with E-state index >= 15 is 0 Å². The Bertz CT molecular complexity index is 1540. The predicted octanol–water partition coefficient (Wildman–Crippen LogP) is 3.00. The Morgan fingerprint density at radius 2 is 1.63 bits per heavy atom. The standard InChI is InChI=1S/C39H62N4O8/c1-34(2)14-15-39(33(50)40-18-21-19-43(42-41-21)32-31(49)30(48)29(47)24(20-44)51-32)23(16-34)22-8-9-26-36(5)12-11-27(45)35(3,4)25(36)10-13-37(26,6)38(22,7)17-28(39)46/h8,19,23-32,44-49H,9-18,20H2,1-7H3,(H,40,50)/t23?,24-,25?,26?,27-,28+,29-,30+,31+,32-,36-,37+,38+,39+/m0/s1. The number of nitrogens with zero attached hydrogens (tertiary/aromatic N) is 3. The summed E-state index contributed by atoms with van der Waals surface area (Å²) in [5, 5.41) is 75.5. The van der Waals surface area contributed by atoms with Crippen molar-refractivity contribution in [3.05, 3.63) is 23.5 Å². The van der Waals surface area contributed by atoms with E-state index in [0.717, 1.165) is 44.9 Å². The van der Waals surface area contributed by atoms with Gasteiger partial charge in [0.25, 0.3) is 0 Å². The summed E-state index contributed by atoms with van der Waals surface area (Å²) in [5.41, 5.74) is 0.357. The van der Waals surface area contributed by atoms with Crippen LogP contribution in [0.2, 0.25) is 0 Å². The molecule has 1 aromatic rings. The van der Waals surface area contributed by atoms with E-state index in [9.17, 15) is 35.4 Å². The number of hydrogen-bond donors (Lipinski definition) is 7. The van der Waals surface area contributed by atoms with Crippen LogP contribution >= 0.6 is 0 Å². The highest BCUT2D eigenvalue weighted by Gasteiger charge is 2.71. The SMILES string of the molecule is CC1(C)CC[C@@]2(C(=O)NCc3cn([C@H]4O[C@@H](CO)[C@H](O)[C@@H](O)[C@H]4O)nn3)C(C1)C1=CCC3[C@@]4(C)CC[C@H](O)C(C)(C)C4CC[C@@]3(C)[C@]1(C)C[C@H]2O. The van der Waals surface area contributed by atoms with Gasteiger partial charge in [-0.05, 0) is 103 Å². The van der Waals surface area contributed by atoms with Crippen molar-refractivity contribution >= 4 is 5.91 Å². The summed E-state index contributed by atoms with van der Waals surface area (Å²) in [5.74, 6) is 0.538. The summed E-state index contributed by atoms with van der Waals surface area (Å²) >= 11 is 0. The van der Waals surface area contributed by atoms with Gasteiger partial charge in [-0.25, -0.2) is 4.68 Å². The lowest BCUT2D eigenvalue weighted by Crippen LogP contribution is -2.68. The number of allylic oxidation sites excluding steroid dienone is 2. The molecule has 2 heterocycles. The monoisotopic (exact) mass is 714 g/mol. The maximum absolute atomic E-state index is 14.6. The Labute approximate surface area is 302 Å². The number of aromatic nitrogens is 3. The molecule has 7 rings (SSSR count). The number of carbonyl (C=O) groups is 1. The van der Waals surface area contributed by atoms with Crippen molar-refractivity contribution in [1.82, 2.24) is 20.3 Å². The van der Waals surface area contributed by atoms with Gasteiger partial charge in [-0.15, -0.1) is 5.10 Å². The Hall–Kier alpha value is -1.93. The Balaban J connectivity index is 1.16. The molecule has 1 amide bonds. The highest BCUT2D eigenvalue weighted by Crippen LogP contribution is 2.75. The Morgan fingerprint density at radius 3 is 2.33 bits per heavy atom. The number of ether oxygens (including phenoxy) is 1. The van der Waals surface area contributed by atoms with Gasteiger partial charge in [0.1, 0.15) is 30.1 Å². The molecule has 1 aromatic heterocycles. The van der Waals surface area contributed by atoms with Crippen LogP contribution in [0.25, 0.3) is 0 Å². The fourth-order valence-corrected chi connectivity index (χ4v) is 12.9. The molecule has 5 aliphatic carbocycles. The fourth-order valence-electron chi connectivity index (χ4n) is 12.9.